The monoisotopic (exact) mass is 492 g/mol. The molecule has 1 saturated heterocycles. The number of ether oxygens (including phenoxy) is 1. The van der Waals surface area contributed by atoms with Crippen LogP contribution < -0.4 is 4.74 Å². The Hall–Kier alpha value is -3.63. The van der Waals surface area contributed by atoms with Gasteiger partial charge in [0.05, 0.1) is 17.2 Å². The number of carbonyl (C=O) groups is 1. The molecule has 2 unspecified atom stereocenters. The molecule has 1 aromatic carbocycles. The highest BCUT2D eigenvalue weighted by molar-refractivity contribution is 6.00. The third-order valence-corrected chi connectivity index (χ3v) is 5.92. The van der Waals surface area contributed by atoms with E-state index in [-0.39, 0.29) is 35.4 Å². The maximum atomic E-state index is 14.9. The van der Waals surface area contributed by atoms with E-state index in [0.29, 0.717) is 25.2 Å². The maximum Gasteiger partial charge on any atom is 0.417 e. The van der Waals surface area contributed by atoms with Crippen molar-refractivity contribution in [3.05, 3.63) is 71.7 Å². The zero-order chi connectivity index (χ0) is 25.2. The van der Waals surface area contributed by atoms with E-state index in [1.54, 1.807) is 0 Å². The highest BCUT2D eigenvalue weighted by Crippen LogP contribution is 2.32. The Balaban J connectivity index is 1.60. The highest BCUT2D eigenvalue weighted by atomic mass is 19.4. The van der Waals surface area contributed by atoms with Crippen LogP contribution in [0.25, 0.3) is 11.4 Å². The number of alkyl halides is 3. The smallest absolute Gasteiger partial charge is 0.417 e. The summed E-state index contributed by atoms with van der Waals surface area (Å²) in [4.78, 5) is 26.8. The number of likely N-dealkylation sites (tertiary alicyclic amines) is 1. The Labute approximate surface area is 197 Å². The molecule has 3 heterocycles. The fourth-order valence-electron chi connectivity index (χ4n) is 4.11. The molecule has 11 heteroatoms. The molecule has 1 aliphatic rings. The van der Waals surface area contributed by atoms with Gasteiger partial charge in [0.1, 0.15) is 18.2 Å². The first-order valence-electron chi connectivity index (χ1n) is 10.9. The molecule has 2 aromatic heterocycles. The van der Waals surface area contributed by atoms with E-state index in [0.717, 1.165) is 24.6 Å². The second-order valence-corrected chi connectivity index (χ2v) is 8.26. The maximum absolute atomic E-state index is 14.9. The number of rotatable bonds is 5. The van der Waals surface area contributed by atoms with Gasteiger partial charge in [0.15, 0.2) is 5.82 Å². The molecule has 2 atom stereocenters. The molecule has 35 heavy (non-hydrogen) atoms. The number of aromatic nitrogens is 3. The van der Waals surface area contributed by atoms with E-state index >= 15 is 0 Å². The SMILES string of the molecule is CC1CCCN(C(=O)c2c(F)cc(F)cc2-c2ncccn2)C1COc1ccc(C(F)(F)F)cn1. The summed E-state index contributed by atoms with van der Waals surface area (Å²) in [5, 5.41) is 0. The molecular weight excluding hydrogens is 471 g/mol. The summed E-state index contributed by atoms with van der Waals surface area (Å²) >= 11 is 0. The molecule has 0 aliphatic carbocycles. The van der Waals surface area contributed by atoms with Gasteiger partial charge in [0.2, 0.25) is 5.88 Å². The average molecular weight is 492 g/mol. The lowest BCUT2D eigenvalue weighted by atomic mass is 9.90. The first-order chi connectivity index (χ1) is 16.6. The van der Waals surface area contributed by atoms with Crippen molar-refractivity contribution in [2.24, 2.45) is 5.92 Å². The number of pyridine rings is 1. The van der Waals surface area contributed by atoms with E-state index in [1.165, 1.54) is 23.4 Å². The molecular formula is C24H21F5N4O2. The van der Waals surface area contributed by atoms with Crippen molar-refractivity contribution < 1.29 is 31.5 Å². The third kappa shape index (κ3) is 5.39. The van der Waals surface area contributed by atoms with E-state index < -0.39 is 35.3 Å². The van der Waals surface area contributed by atoms with Gasteiger partial charge in [-0.25, -0.2) is 23.7 Å². The van der Waals surface area contributed by atoms with Crippen molar-refractivity contribution >= 4 is 5.91 Å². The molecule has 184 valence electrons. The van der Waals surface area contributed by atoms with Crippen molar-refractivity contribution in [1.82, 2.24) is 19.9 Å². The lowest BCUT2D eigenvalue weighted by Crippen LogP contribution is -2.51. The van der Waals surface area contributed by atoms with Gasteiger partial charge >= 0.3 is 6.18 Å². The largest absolute Gasteiger partial charge is 0.475 e. The van der Waals surface area contributed by atoms with Crippen LogP contribution in [-0.4, -0.2) is 45.0 Å². The Bertz CT molecular complexity index is 1190. The quantitative estimate of drug-likeness (QED) is 0.461. The standard InChI is InChI=1S/C24H21F5N4O2/c1-14-4-2-9-33(19(14)13-35-20-6-5-15(12-32-20)24(27,28)29)23(34)21-17(10-16(25)11-18(21)26)22-30-7-3-8-31-22/h3,5-8,10-12,14,19H,2,4,9,13H2,1H3. The molecule has 0 N–H and O–H groups in total. The Kier molecular flexibility index (Phi) is 6.95. The predicted molar refractivity (Wildman–Crippen MR) is 115 cm³/mol. The normalized spacial score (nSPS) is 18.4. The number of benzene rings is 1. The molecule has 4 rings (SSSR count). The Morgan fingerprint density at radius 3 is 2.54 bits per heavy atom. The van der Waals surface area contributed by atoms with E-state index in [9.17, 15) is 26.7 Å². The minimum absolute atomic E-state index is 0.000984. The zero-order valence-corrected chi connectivity index (χ0v) is 18.6. The average Bonchev–Trinajstić information content (AvgIpc) is 2.82. The van der Waals surface area contributed by atoms with Gasteiger partial charge in [0, 0.05) is 42.8 Å². The minimum atomic E-state index is -4.52. The van der Waals surface area contributed by atoms with E-state index in [2.05, 4.69) is 15.0 Å². The predicted octanol–water partition coefficient (Wildman–Crippen LogP) is 5.16. The number of amides is 1. The molecule has 0 spiro atoms. The van der Waals surface area contributed by atoms with Crippen LogP contribution in [0.5, 0.6) is 5.88 Å². The van der Waals surface area contributed by atoms with Crippen molar-refractivity contribution in [3.8, 4) is 17.3 Å². The number of carbonyl (C=O) groups excluding carboxylic acids is 1. The summed E-state index contributed by atoms with van der Waals surface area (Å²) in [6.45, 7) is 2.13. The van der Waals surface area contributed by atoms with Gasteiger partial charge < -0.3 is 9.64 Å². The summed E-state index contributed by atoms with van der Waals surface area (Å²) in [5.74, 6) is -2.68. The second-order valence-electron chi connectivity index (χ2n) is 8.26. The molecule has 3 aromatic rings. The molecule has 1 aliphatic heterocycles. The number of nitrogens with zero attached hydrogens (tertiary/aromatic N) is 4. The van der Waals surface area contributed by atoms with Crippen LogP contribution in [0.2, 0.25) is 0 Å². The molecule has 0 bridgehead atoms. The highest BCUT2D eigenvalue weighted by Gasteiger charge is 2.36. The van der Waals surface area contributed by atoms with Crippen LogP contribution in [0.4, 0.5) is 22.0 Å². The molecule has 1 fully saturated rings. The van der Waals surface area contributed by atoms with Gasteiger partial charge in [-0.05, 0) is 37.0 Å². The van der Waals surface area contributed by atoms with E-state index in [1.807, 2.05) is 6.92 Å². The number of piperidine rings is 1. The van der Waals surface area contributed by atoms with Crippen molar-refractivity contribution in [2.45, 2.75) is 32.0 Å². The van der Waals surface area contributed by atoms with Crippen LogP contribution in [0, 0.1) is 17.6 Å². The van der Waals surface area contributed by atoms with Crippen molar-refractivity contribution in [3.63, 3.8) is 0 Å². The summed E-state index contributed by atoms with van der Waals surface area (Å²) in [7, 11) is 0. The van der Waals surface area contributed by atoms with Crippen LogP contribution in [0.3, 0.4) is 0 Å². The first-order valence-corrected chi connectivity index (χ1v) is 10.9. The van der Waals surface area contributed by atoms with Gasteiger partial charge in [-0.2, -0.15) is 13.2 Å². The van der Waals surface area contributed by atoms with Gasteiger partial charge in [-0.15, -0.1) is 0 Å². The Morgan fingerprint density at radius 2 is 1.89 bits per heavy atom. The fraction of sp³-hybridized carbons (Fsp3) is 0.333. The Morgan fingerprint density at radius 1 is 1.14 bits per heavy atom. The van der Waals surface area contributed by atoms with Crippen LogP contribution in [0.15, 0.2) is 48.9 Å². The van der Waals surface area contributed by atoms with Gasteiger partial charge in [-0.3, -0.25) is 4.79 Å². The second kappa shape index (κ2) is 9.93. The first kappa shape index (κ1) is 24.5. The molecule has 0 saturated carbocycles. The topological polar surface area (TPSA) is 68.2 Å². The number of hydrogen-bond acceptors (Lipinski definition) is 5. The zero-order valence-electron chi connectivity index (χ0n) is 18.6. The van der Waals surface area contributed by atoms with Crippen LogP contribution in [0.1, 0.15) is 35.7 Å². The number of halogens is 5. The van der Waals surface area contributed by atoms with Gasteiger partial charge in [-0.1, -0.05) is 6.92 Å². The van der Waals surface area contributed by atoms with Crippen LogP contribution in [-0.2, 0) is 6.18 Å². The van der Waals surface area contributed by atoms with E-state index in [4.69, 9.17) is 4.74 Å². The summed E-state index contributed by atoms with van der Waals surface area (Å²) in [6.07, 6.45) is 0.363. The molecule has 6 nitrogen and oxygen atoms in total. The fourth-order valence-corrected chi connectivity index (χ4v) is 4.11. The lowest BCUT2D eigenvalue weighted by Gasteiger charge is -2.40. The summed E-state index contributed by atoms with van der Waals surface area (Å²) in [6, 6.07) is 4.62. The third-order valence-electron chi connectivity index (χ3n) is 5.92. The summed E-state index contributed by atoms with van der Waals surface area (Å²) < 4.78 is 72.9. The molecule has 1 amide bonds. The van der Waals surface area contributed by atoms with Crippen molar-refractivity contribution in [2.75, 3.05) is 13.2 Å². The van der Waals surface area contributed by atoms with Gasteiger partial charge in [0.25, 0.3) is 5.91 Å². The summed E-state index contributed by atoms with van der Waals surface area (Å²) in [5.41, 5.74) is -1.34. The minimum Gasteiger partial charge on any atom is -0.475 e. The number of hydrogen-bond donors (Lipinski definition) is 0. The molecule has 0 radical (unpaired) electrons. The lowest BCUT2D eigenvalue weighted by molar-refractivity contribution is -0.137. The van der Waals surface area contributed by atoms with Crippen LogP contribution >= 0.6 is 0 Å². The van der Waals surface area contributed by atoms with Crippen molar-refractivity contribution in [1.29, 1.82) is 0 Å².